The Morgan fingerprint density at radius 2 is 1.78 bits per heavy atom. The molecule has 0 spiro atoms. The lowest BCUT2D eigenvalue weighted by Crippen LogP contribution is -2.42. The van der Waals surface area contributed by atoms with Crippen LogP contribution in [0.15, 0.2) is 46.0 Å². The van der Waals surface area contributed by atoms with Gasteiger partial charge in [-0.1, -0.05) is 0 Å². The molecular weight excluding hydrogens is 388 g/mol. The molecule has 144 valence electrons. The van der Waals surface area contributed by atoms with Gasteiger partial charge in [-0.05, 0) is 53.6 Å². The summed E-state index contributed by atoms with van der Waals surface area (Å²) in [6.07, 6.45) is 0.663. The van der Waals surface area contributed by atoms with Crippen LogP contribution in [0.5, 0.6) is 0 Å². The number of thiophene rings is 1. The third kappa shape index (κ3) is 4.62. The number of nitrogens with zero attached hydrogens (tertiary/aromatic N) is 1. The zero-order chi connectivity index (χ0) is 19.7. The summed E-state index contributed by atoms with van der Waals surface area (Å²) in [5, 5.41) is 14.2. The lowest BCUT2D eigenvalue weighted by Gasteiger charge is -2.23. The number of imide groups is 1. The predicted molar refractivity (Wildman–Crippen MR) is 102 cm³/mol. The quantitative estimate of drug-likeness (QED) is 0.679. The van der Waals surface area contributed by atoms with Crippen molar-refractivity contribution in [2.75, 3.05) is 11.4 Å². The summed E-state index contributed by atoms with van der Waals surface area (Å²) in [5.41, 5.74) is 0.0575. The highest BCUT2D eigenvalue weighted by Crippen LogP contribution is 2.24. The van der Waals surface area contributed by atoms with Gasteiger partial charge in [-0.3, -0.25) is 14.5 Å². The van der Waals surface area contributed by atoms with E-state index in [1.54, 1.807) is 6.92 Å². The Morgan fingerprint density at radius 1 is 1.15 bits per heavy atom. The maximum atomic E-state index is 12.5. The molecule has 1 atom stereocenters. The Hall–Kier alpha value is -2.07. The smallest absolute Gasteiger partial charge is 0.240 e. The van der Waals surface area contributed by atoms with Crippen molar-refractivity contribution in [3.05, 3.63) is 46.7 Å². The summed E-state index contributed by atoms with van der Waals surface area (Å²) in [4.78, 5) is 24.6. The van der Waals surface area contributed by atoms with Gasteiger partial charge in [0, 0.05) is 25.8 Å². The van der Waals surface area contributed by atoms with Crippen molar-refractivity contribution in [3.8, 4) is 0 Å². The summed E-state index contributed by atoms with van der Waals surface area (Å²) >= 11 is 1.51. The Bertz CT molecular complexity index is 919. The van der Waals surface area contributed by atoms with E-state index in [9.17, 15) is 23.1 Å². The number of aliphatic hydroxyl groups is 1. The summed E-state index contributed by atoms with van der Waals surface area (Å²) in [6.45, 7) is 1.43. The highest BCUT2D eigenvalue weighted by Gasteiger charge is 2.30. The van der Waals surface area contributed by atoms with Crippen molar-refractivity contribution in [2.24, 2.45) is 0 Å². The van der Waals surface area contributed by atoms with E-state index >= 15 is 0 Å². The van der Waals surface area contributed by atoms with Crippen molar-refractivity contribution in [2.45, 2.75) is 36.7 Å². The van der Waals surface area contributed by atoms with Gasteiger partial charge in [-0.15, -0.1) is 0 Å². The fraction of sp³-hybridized carbons (Fsp3) is 0.333. The normalized spacial score (nSPS) is 17.3. The average Bonchev–Trinajstić information content (AvgIpc) is 3.23. The van der Waals surface area contributed by atoms with Crippen molar-refractivity contribution >= 4 is 38.9 Å². The zero-order valence-electron chi connectivity index (χ0n) is 14.7. The molecule has 1 saturated heterocycles. The Balaban J connectivity index is 1.68. The second-order valence-corrected chi connectivity index (χ2v) is 9.29. The van der Waals surface area contributed by atoms with Crippen molar-refractivity contribution < 1.29 is 23.1 Å². The SMILES string of the molecule is CC(O)(CNS(=O)(=O)c1ccc(N2C(=O)CCC2=O)cc1)Cc1ccsc1. The van der Waals surface area contributed by atoms with Gasteiger partial charge in [-0.25, -0.2) is 13.1 Å². The molecule has 1 aromatic carbocycles. The first-order chi connectivity index (χ1) is 12.7. The van der Waals surface area contributed by atoms with Gasteiger partial charge < -0.3 is 5.11 Å². The average molecular weight is 409 g/mol. The molecule has 3 rings (SSSR count). The maximum Gasteiger partial charge on any atom is 0.240 e. The van der Waals surface area contributed by atoms with Crippen LogP contribution in [0.4, 0.5) is 5.69 Å². The van der Waals surface area contributed by atoms with Gasteiger partial charge in [0.25, 0.3) is 0 Å². The topological polar surface area (TPSA) is 104 Å². The van der Waals surface area contributed by atoms with E-state index in [0.29, 0.717) is 12.1 Å². The van der Waals surface area contributed by atoms with Gasteiger partial charge >= 0.3 is 0 Å². The predicted octanol–water partition coefficient (Wildman–Crippen LogP) is 1.67. The summed E-state index contributed by atoms with van der Waals surface area (Å²) in [5.74, 6) is -0.587. The van der Waals surface area contributed by atoms with Crippen LogP contribution in [0, 0.1) is 0 Å². The standard InChI is InChI=1S/C18H20N2O5S2/c1-18(23,10-13-8-9-26-11-13)12-19-27(24,25)15-4-2-14(3-5-15)20-16(21)6-7-17(20)22/h2-5,8-9,11,19,23H,6-7,10,12H2,1H3. The van der Waals surface area contributed by atoms with E-state index in [1.807, 2.05) is 16.8 Å². The number of carbonyl (C=O) groups is 2. The Labute approximate surface area is 161 Å². The molecule has 9 heteroatoms. The Morgan fingerprint density at radius 3 is 2.33 bits per heavy atom. The third-order valence-electron chi connectivity index (χ3n) is 4.26. The summed E-state index contributed by atoms with van der Waals surface area (Å²) in [7, 11) is -3.84. The number of hydrogen-bond donors (Lipinski definition) is 2. The van der Waals surface area contributed by atoms with Gasteiger partial charge in [0.2, 0.25) is 21.8 Å². The molecule has 2 N–H and O–H groups in total. The molecule has 2 heterocycles. The van der Waals surface area contributed by atoms with E-state index in [0.717, 1.165) is 10.5 Å². The number of anilines is 1. The van der Waals surface area contributed by atoms with Crippen LogP contribution in [-0.4, -0.2) is 37.5 Å². The molecule has 7 nitrogen and oxygen atoms in total. The minimum absolute atomic E-state index is 0.00308. The molecule has 1 fully saturated rings. The second-order valence-electron chi connectivity index (χ2n) is 6.75. The zero-order valence-corrected chi connectivity index (χ0v) is 16.3. The summed E-state index contributed by atoms with van der Waals surface area (Å²) < 4.78 is 27.4. The molecule has 0 bridgehead atoms. The number of hydrogen-bond acceptors (Lipinski definition) is 6. The molecule has 0 aliphatic carbocycles. The minimum Gasteiger partial charge on any atom is -0.388 e. The molecule has 0 radical (unpaired) electrons. The third-order valence-corrected chi connectivity index (χ3v) is 6.41. The molecule has 1 aliphatic heterocycles. The number of sulfonamides is 1. The van der Waals surface area contributed by atoms with Gasteiger partial charge in [0.05, 0.1) is 16.2 Å². The van der Waals surface area contributed by atoms with Crippen molar-refractivity contribution in [1.82, 2.24) is 4.72 Å². The largest absolute Gasteiger partial charge is 0.388 e. The number of carbonyl (C=O) groups excluding carboxylic acids is 2. The molecule has 2 aromatic rings. The fourth-order valence-electron chi connectivity index (χ4n) is 2.87. The van der Waals surface area contributed by atoms with Gasteiger partial charge in [-0.2, -0.15) is 11.3 Å². The van der Waals surface area contributed by atoms with Crippen LogP contribution < -0.4 is 9.62 Å². The van der Waals surface area contributed by atoms with E-state index in [4.69, 9.17) is 0 Å². The maximum absolute atomic E-state index is 12.5. The van der Waals surface area contributed by atoms with Crippen LogP contribution in [0.2, 0.25) is 0 Å². The Kier molecular flexibility index (Phi) is 5.48. The van der Waals surface area contributed by atoms with E-state index < -0.39 is 15.6 Å². The fourth-order valence-corrected chi connectivity index (χ4v) is 4.70. The molecule has 2 amide bonds. The van der Waals surface area contributed by atoms with Gasteiger partial charge in [0.1, 0.15) is 0 Å². The van der Waals surface area contributed by atoms with E-state index in [2.05, 4.69) is 4.72 Å². The first-order valence-corrected chi connectivity index (χ1v) is 10.8. The van der Waals surface area contributed by atoms with Crippen LogP contribution in [0.1, 0.15) is 25.3 Å². The highest BCUT2D eigenvalue weighted by molar-refractivity contribution is 7.89. The molecule has 1 aliphatic rings. The van der Waals surface area contributed by atoms with Crippen LogP contribution in [0.3, 0.4) is 0 Å². The van der Waals surface area contributed by atoms with Crippen molar-refractivity contribution in [3.63, 3.8) is 0 Å². The first-order valence-electron chi connectivity index (χ1n) is 8.37. The molecule has 1 aromatic heterocycles. The van der Waals surface area contributed by atoms with Crippen LogP contribution >= 0.6 is 11.3 Å². The number of rotatable bonds is 7. The lowest BCUT2D eigenvalue weighted by atomic mass is 9.99. The lowest BCUT2D eigenvalue weighted by molar-refractivity contribution is -0.121. The number of benzene rings is 1. The molecule has 1 unspecified atom stereocenters. The first kappa shape index (κ1) is 19.7. The number of nitrogens with one attached hydrogen (secondary N) is 1. The molecule has 0 saturated carbocycles. The molecular formula is C18H20N2O5S2. The number of amides is 2. The van der Waals surface area contributed by atoms with Crippen molar-refractivity contribution in [1.29, 1.82) is 0 Å². The highest BCUT2D eigenvalue weighted by atomic mass is 32.2. The van der Waals surface area contributed by atoms with Gasteiger partial charge in [0.15, 0.2) is 0 Å². The second kappa shape index (κ2) is 7.51. The monoisotopic (exact) mass is 408 g/mol. The van der Waals surface area contributed by atoms with E-state index in [-0.39, 0.29) is 36.1 Å². The van der Waals surface area contributed by atoms with Crippen LogP contribution in [-0.2, 0) is 26.0 Å². The minimum atomic E-state index is -3.84. The van der Waals surface area contributed by atoms with E-state index in [1.165, 1.54) is 35.6 Å². The summed E-state index contributed by atoms with van der Waals surface area (Å²) in [6, 6.07) is 7.42. The van der Waals surface area contributed by atoms with Crippen LogP contribution in [0.25, 0.3) is 0 Å². The molecule has 27 heavy (non-hydrogen) atoms.